The van der Waals surface area contributed by atoms with Crippen LogP contribution >= 0.6 is 0 Å². The SMILES string of the molecule is CC1=CC(c2ccccc2)OC(c2ccccc2)C1. The van der Waals surface area contributed by atoms with E-state index < -0.39 is 0 Å². The lowest BCUT2D eigenvalue weighted by molar-refractivity contribution is 0.000480. The van der Waals surface area contributed by atoms with E-state index in [1.165, 1.54) is 16.7 Å². The van der Waals surface area contributed by atoms with Crippen molar-refractivity contribution in [3.63, 3.8) is 0 Å². The highest BCUT2D eigenvalue weighted by Crippen LogP contribution is 2.37. The minimum Gasteiger partial charge on any atom is -0.361 e. The van der Waals surface area contributed by atoms with Crippen LogP contribution in [0.1, 0.15) is 36.7 Å². The monoisotopic (exact) mass is 250 g/mol. The van der Waals surface area contributed by atoms with Crippen molar-refractivity contribution in [2.45, 2.75) is 25.6 Å². The average Bonchev–Trinajstić information content (AvgIpc) is 2.48. The highest BCUT2D eigenvalue weighted by atomic mass is 16.5. The van der Waals surface area contributed by atoms with Crippen LogP contribution in [0, 0.1) is 0 Å². The molecule has 1 nitrogen and oxygen atoms in total. The Kier molecular flexibility index (Phi) is 3.47. The van der Waals surface area contributed by atoms with Gasteiger partial charge in [0.15, 0.2) is 0 Å². The predicted molar refractivity (Wildman–Crippen MR) is 77.8 cm³/mol. The van der Waals surface area contributed by atoms with Crippen molar-refractivity contribution in [2.75, 3.05) is 0 Å². The van der Waals surface area contributed by atoms with Crippen LogP contribution in [-0.4, -0.2) is 0 Å². The van der Waals surface area contributed by atoms with E-state index in [-0.39, 0.29) is 12.2 Å². The van der Waals surface area contributed by atoms with Crippen molar-refractivity contribution >= 4 is 0 Å². The minimum atomic E-state index is 0.0696. The maximum atomic E-state index is 6.25. The molecule has 1 aliphatic rings. The Morgan fingerprint density at radius 3 is 2.05 bits per heavy atom. The normalized spacial score (nSPS) is 22.9. The van der Waals surface area contributed by atoms with Crippen LogP contribution in [-0.2, 0) is 4.74 Å². The van der Waals surface area contributed by atoms with Crippen LogP contribution in [0.4, 0.5) is 0 Å². The number of hydrogen-bond acceptors (Lipinski definition) is 1. The van der Waals surface area contributed by atoms with Crippen molar-refractivity contribution in [3.05, 3.63) is 83.4 Å². The lowest BCUT2D eigenvalue weighted by Gasteiger charge is -2.29. The van der Waals surface area contributed by atoms with Crippen LogP contribution in [0.3, 0.4) is 0 Å². The molecule has 96 valence electrons. The fourth-order valence-corrected chi connectivity index (χ4v) is 2.56. The van der Waals surface area contributed by atoms with E-state index in [1.807, 2.05) is 12.1 Å². The summed E-state index contributed by atoms with van der Waals surface area (Å²) in [5, 5.41) is 0. The Bertz CT molecular complexity index is 557. The molecule has 0 aliphatic carbocycles. The Labute approximate surface area is 114 Å². The first-order valence-electron chi connectivity index (χ1n) is 6.75. The summed E-state index contributed by atoms with van der Waals surface area (Å²) in [6.07, 6.45) is 3.44. The summed E-state index contributed by atoms with van der Waals surface area (Å²) in [7, 11) is 0. The van der Waals surface area contributed by atoms with Gasteiger partial charge in [-0.3, -0.25) is 0 Å². The van der Waals surface area contributed by atoms with E-state index >= 15 is 0 Å². The van der Waals surface area contributed by atoms with Gasteiger partial charge in [0.1, 0.15) is 6.10 Å². The van der Waals surface area contributed by atoms with Gasteiger partial charge in [0.05, 0.1) is 6.10 Å². The van der Waals surface area contributed by atoms with Gasteiger partial charge in [0.2, 0.25) is 0 Å². The van der Waals surface area contributed by atoms with Gasteiger partial charge in [0, 0.05) is 0 Å². The summed E-state index contributed by atoms with van der Waals surface area (Å²) in [4.78, 5) is 0. The summed E-state index contributed by atoms with van der Waals surface area (Å²) in [6, 6.07) is 20.9. The average molecular weight is 250 g/mol. The molecule has 2 aromatic rings. The maximum absolute atomic E-state index is 6.25. The molecule has 0 fully saturated rings. The first-order valence-corrected chi connectivity index (χ1v) is 6.75. The number of rotatable bonds is 2. The lowest BCUT2D eigenvalue weighted by Crippen LogP contribution is -2.14. The Morgan fingerprint density at radius 1 is 0.842 bits per heavy atom. The molecular weight excluding hydrogens is 232 g/mol. The predicted octanol–water partition coefficient (Wildman–Crippen LogP) is 4.84. The van der Waals surface area contributed by atoms with Gasteiger partial charge in [-0.15, -0.1) is 0 Å². The zero-order chi connectivity index (χ0) is 13.1. The van der Waals surface area contributed by atoms with Crippen LogP contribution in [0.25, 0.3) is 0 Å². The molecule has 0 amide bonds. The summed E-state index contributed by atoms with van der Waals surface area (Å²) in [5.74, 6) is 0. The van der Waals surface area contributed by atoms with E-state index in [2.05, 4.69) is 61.5 Å². The van der Waals surface area contributed by atoms with Gasteiger partial charge in [-0.1, -0.05) is 72.3 Å². The highest BCUT2D eigenvalue weighted by Gasteiger charge is 2.23. The van der Waals surface area contributed by atoms with Gasteiger partial charge >= 0.3 is 0 Å². The molecule has 0 radical (unpaired) electrons. The van der Waals surface area contributed by atoms with Gasteiger partial charge in [-0.2, -0.15) is 0 Å². The van der Waals surface area contributed by atoms with Gasteiger partial charge in [-0.25, -0.2) is 0 Å². The summed E-state index contributed by atoms with van der Waals surface area (Å²) in [6.45, 7) is 2.19. The molecular formula is C18H18O. The Morgan fingerprint density at radius 2 is 1.42 bits per heavy atom. The molecule has 0 spiro atoms. The van der Waals surface area contributed by atoms with E-state index in [9.17, 15) is 0 Å². The quantitative estimate of drug-likeness (QED) is 0.693. The third kappa shape index (κ3) is 2.77. The van der Waals surface area contributed by atoms with Crippen LogP contribution in [0.15, 0.2) is 72.3 Å². The molecule has 0 bridgehead atoms. The van der Waals surface area contributed by atoms with Gasteiger partial charge in [-0.05, 0) is 24.5 Å². The largest absolute Gasteiger partial charge is 0.361 e. The van der Waals surface area contributed by atoms with Gasteiger partial charge < -0.3 is 4.74 Å². The summed E-state index contributed by atoms with van der Waals surface area (Å²) >= 11 is 0. The van der Waals surface area contributed by atoms with Crippen molar-refractivity contribution in [3.8, 4) is 0 Å². The molecule has 0 aromatic heterocycles. The van der Waals surface area contributed by atoms with Crippen molar-refractivity contribution < 1.29 is 4.74 Å². The first-order chi connectivity index (χ1) is 9.33. The fourth-order valence-electron chi connectivity index (χ4n) is 2.56. The number of hydrogen-bond donors (Lipinski definition) is 0. The molecule has 19 heavy (non-hydrogen) atoms. The van der Waals surface area contributed by atoms with Crippen molar-refractivity contribution in [1.29, 1.82) is 0 Å². The molecule has 2 unspecified atom stereocenters. The molecule has 0 N–H and O–H groups in total. The van der Waals surface area contributed by atoms with E-state index in [4.69, 9.17) is 4.74 Å². The zero-order valence-electron chi connectivity index (χ0n) is 11.1. The topological polar surface area (TPSA) is 9.23 Å². The van der Waals surface area contributed by atoms with E-state index in [0.717, 1.165) is 6.42 Å². The molecule has 3 rings (SSSR count). The third-order valence-corrected chi connectivity index (χ3v) is 3.55. The number of benzene rings is 2. The second kappa shape index (κ2) is 5.41. The molecule has 0 saturated carbocycles. The molecule has 2 aromatic carbocycles. The molecule has 1 aliphatic heterocycles. The second-order valence-corrected chi connectivity index (χ2v) is 5.08. The maximum Gasteiger partial charge on any atom is 0.102 e. The highest BCUT2D eigenvalue weighted by molar-refractivity contribution is 5.27. The summed E-state index contributed by atoms with van der Waals surface area (Å²) < 4.78 is 6.25. The Balaban J connectivity index is 1.87. The molecule has 1 heterocycles. The summed E-state index contributed by atoms with van der Waals surface area (Å²) in [5.41, 5.74) is 3.88. The van der Waals surface area contributed by atoms with Gasteiger partial charge in [0.25, 0.3) is 0 Å². The lowest BCUT2D eigenvalue weighted by atomic mass is 9.96. The molecule has 2 atom stereocenters. The zero-order valence-corrected chi connectivity index (χ0v) is 11.1. The second-order valence-electron chi connectivity index (χ2n) is 5.08. The van der Waals surface area contributed by atoms with Crippen molar-refractivity contribution in [1.82, 2.24) is 0 Å². The smallest absolute Gasteiger partial charge is 0.102 e. The minimum absolute atomic E-state index is 0.0696. The van der Waals surface area contributed by atoms with Crippen LogP contribution in [0.5, 0.6) is 0 Å². The molecule has 0 saturated heterocycles. The fraction of sp³-hybridized carbons (Fsp3) is 0.222. The van der Waals surface area contributed by atoms with E-state index in [1.54, 1.807) is 0 Å². The molecule has 1 heteroatoms. The number of ether oxygens (including phenoxy) is 1. The third-order valence-electron chi connectivity index (χ3n) is 3.55. The van der Waals surface area contributed by atoms with Crippen LogP contribution < -0.4 is 0 Å². The van der Waals surface area contributed by atoms with Crippen molar-refractivity contribution in [2.24, 2.45) is 0 Å². The first kappa shape index (κ1) is 12.2. The Hall–Kier alpha value is -1.86. The van der Waals surface area contributed by atoms with E-state index in [0.29, 0.717) is 0 Å². The standard InChI is InChI=1S/C18H18O/c1-14-12-17(15-8-4-2-5-9-15)19-18(13-14)16-10-6-3-7-11-16/h2-12,17-18H,13H2,1H3. The van der Waals surface area contributed by atoms with Crippen LogP contribution in [0.2, 0.25) is 0 Å².